The van der Waals surface area contributed by atoms with Gasteiger partial charge in [0.25, 0.3) is 0 Å². The summed E-state index contributed by atoms with van der Waals surface area (Å²) in [5.41, 5.74) is 0.644. The molecule has 1 aromatic carbocycles. The van der Waals surface area contributed by atoms with E-state index in [0.29, 0.717) is 38.2 Å². The molecule has 0 spiro atoms. The molecular formula is C19H25N3O4. The Kier molecular flexibility index (Phi) is 5.18. The molecule has 26 heavy (non-hydrogen) atoms. The smallest absolute Gasteiger partial charge is 0.407 e. The molecule has 2 aromatic rings. The van der Waals surface area contributed by atoms with Crippen LogP contribution in [0.5, 0.6) is 5.75 Å². The van der Waals surface area contributed by atoms with Gasteiger partial charge in [-0.05, 0) is 49.4 Å². The maximum atomic E-state index is 11.0. The molecule has 3 rings (SSSR count). The predicted molar refractivity (Wildman–Crippen MR) is 96.2 cm³/mol. The quantitative estimate of drug-likeness (QED) is 0.856. The van der Waals surface area contributed by atoms with Crippen molar-refractivity contribution in [2.75, 3.05) is 20.2 Å². The SMILES string of the molecule is COc1ccc(Cn2ccc(C(C)(O)C3CCN(C(=O)O)CC3)n2)cc1. The molecule has 0 bridgehead atoms. The van der Waals surface area contributed by atoms with Gasteiger partial charge < -0.3 is 19.8 Å². The van der Waals surface area contributed by atoms with Gasteiger partial charge in [-0.1, -0.05) is 12.1 Å². The van der Waals surface area contributed by atoms with Crippen molar-refractivity contribution in [2.45, 2.75) is 31.9 Å². The highest BCUT2D eigenvalue weighted by Gasteiger charge is 2.38. The zero-order chi connectivity index (χ0) is 18.7. The first-order valence-corrected chi connectivity index (χ1v) is 8.77. The topological polar surface area (TPSA) is 87.8 Å². The first kappa shape index (κ1) is 18.3. The average molecular weight is 359 g/mol. The molecule has 0 radical (unpaired) electrons. The van der Waals surface area contributed by atoms with Gasteiger partial charge in [0.05, 0.1) is 19.3 Å². The minimum absolute atomic E-state index is 0.0116. The van der Waals surface area contributed by atoms with Gasteiger partial charge >= 0.3 is 6.09 Å². The van der Waals surface area contributed by atoms with Gasteiger partial charge in [-0.25, -0.2) is 4.79 Å². The maximum absolute atomic E-state index is 11.0. The van der Waals surface area contributed by atoms with Crippen LogP contribution in [0.2, 0.25) is 0 Å². The highest BCUT2D eigenvalue weighted by Crippen LogP contribution is 2.35. The van der Waals surface area contributed by atoms with Crippen LogP contribution in [0.4, 0.5) is 4.79 Å². The largest absolute Gasteiger partial charge is 0.497 e. The van der Waals surface area contributed by atoms with E-state index < -0.39 is 11.7 Å². The van der Waals surface area contributed by atoms with Crippen LogP contribution < -0.4 is 4.74 Å². The highest BCUT2D eigenvalue weighted by molar-refractivity contribution is 5.65. The lowest BCUT2D eigenvalue weighted by atomic mass is 9.80. The number of benzene rings is 1. The molecule has 1 aliphatic rings. The number of hydrogen-bond donors (Lipinski definition) is 2. The van der Waals surface area contributed by atoms with Crippen molar-refractivity contribution in [2.24, 2.45) is 5.92 Å². The standard InChI is InChI=1S/C19H25N3O4/c1-19(25,15-7-10-21(11-8-15)18(23)24)17-9-12-22(20-17)13-14-3-5-16(26-2)6-4-14/h3-6,9,12,15,25H,7-8,10-11,13H2,1-2H3,(H,23,24). The summed E-state index contributed by atoms with van der Waals surface area (Å²) in [4.78, 5) is 12.4. The number of ether oxygens (including phenoxy) is 1. The molecule has 1 aromatic heterocycles. The molecule has 7 heteroatoms. The number of carboxylic acid groups (broad SMARTS) is 1. The summed E-state index contributed by atoms with van der Waals surface area (Å²) in [5.74, 6) is 0.799. The lowest BCUT2D eigenvalue weighted by Crippen LogP contribution is -2.44. The molecule has 1 saturated heterocycles. The molecule has 2 heterocycles. The fourth-order valence-corrected chi connectivity index (χ4v) is 3.48. The molecule has 1 amide bonds. The molecule has 0 saturated carbocycles. The van der Waals surface area contributed by atoms with E-state index in [-0.39, 0.29) is 5.92 Å². The number of hydrogen-bond acceptors (Lipinski definition) is 4. The molecule has 7 nitrogen and oxygen atoms in total. The van der Waals surface area contributed by atoms with Crippen LogP contribution in [0, 0.1) is 5.92 Å². The van der Waals surface area contributed by atoms with Crippen LogP contribution in [0.15, 0.2) is 36.5 Å². The Labute approximate surface area is 152 Å². The molecule has 2 N–H and O–H groups in total. The summed E-state index contributed by atoms with van der Waals surface area (Å²) >= 11 is 0. The molecule has 1 unspecified atom stereocenters. The van der Waals surface area contributed by atoms with Crippen molar-refractivity contribution >= 4 is 6.09 Å². The normalized spacial score (nSPS) is 17.7. The number of rotatable bonds is 5. The summed E-state index contributed by atoms with van der Waals surface area (Å²) < 4.78 is 6.97. The lowest BCUT2D eigenvalue weighted by Gasteiger charge is -2.37. The first-order valence-electron chi connectivity index (χ1n) is 8.77. The van der Waals surface area contributed by atoms with E-state index in [9.17, 15) is 9.90 Å². The van der Waals surface area contributed by atoms with Crippen molar-refractivity contribution in [3.63, 3.8) is 0 Å². The highest BCUT2D eigenvalue weighted by atomic mass is 16.5. The van der Waals surface area contributed by atoms with Gasteiger partial charge in [0.2, 0.25) is 0 Å². The third-order valence-corrected chi connectivity index (χ3v) is 5.22. The van der Waals surface area contributed by atoms with Crippen LogP contribution >= 0.6 is 0 Å². The Morgan fingerprint density at radius 3 is 2.50 bits per heavy atom. The Balaban J connectivity index is 1.66. The van der Waals surface area contributed by atoms with Crippen molar-refractivity contribution in [3.8, 4) is 5.75 Å². The van der Waals surface area contributed by atoms with E-state index in [0.717, 1.165) is 11.3 Å². The molecule has 0 aliphatic carbocycles. The van der Waals surface area contributed by atoms with Crippen LogP contribution in [-0.2, 0) is 12.1 Å². The molecule has 140 valence electrons. The van der Waals surface area contributed by atoms with Crippen LogP contribution in [-0.4, -0.2) is 51.2 Å². The van der Waals surface area contributed by atoms with E-state index in [2.05, 4.69) is 5.10 Å². The number of piperidine rings is 1. The average Bonchev–Trinajstić information content (AvgIpc) is 3.12. The number of likely N-dealkylation sites (tertiary alicyclic amines) is 1. The Hall–Kier alpha value is -2.54. The number of carbonyl (C=O) groups is 1. The Morgan fingerprint density at radius 1 is 1.27 bits per heavy atom. The summed E-state index contributed by atoms with van der Waals surface area (Å²) in [6.45, 7) is 3.27. The maximum Gasteiger partial charge on any atom is 0.407 e. The van der Waals surface area contributed by atoms with Crippen LogP contribution in [0.1, 0.15) is 31.0 Å². The Morgan fingerprint density at radius 2 is 1.92 bits per heavy atom. The minimum atomic E-state index is -1.07. The molecule has 1 fully saturated rings. The zero-order valence-corrected chi connectivity index (χ0v) is 15.1. The molecule has 1 aliphatic heterocycles. The fraction of sp³-hybridized carbons (Fsp3) is 0.474. The van der Waals surface area contributed by atoms with E-state index in [1.807, 2.05) is 36.5 Å². The molecule has 1 atom stereocenters. The van der Waals surface area contributed by atoms with Crippen molar-refractivity contribution in [1.29, 1.82) is 0 Å². The molecular weight excluding hydrogens is 334 g/mol. The van der Waals surface area contributed by atoms with Gasteiger partial charge in [0.15, 0.2) is 0 Å². The summed E-state index contributed by atoms with van der Waals surface area (Å²) in [5, 5.41) is 24.6. The van der Waals surface area contributed by atoms with Gasteiger partial charge in [-0.3, -0.25) is 4.68 Å². The first-order chi connectivity index (χ1) is 12.4. The van der Waals surface area contributed by atoms with Crippen LogP contribution in [0.3, 0.4) is 0 Å². The third-order valence-electron chi connectivity index (χ3n) is 5.22. The van der Waals surface area contributed by atoms with Gasteiger partial charge in [-0.15, -0.1) is 0 Å². The Bertz CT molecular complexity index is 746. The third kappa shape index (κ3) is 3.83. The van der Waals surface area contributed by atoms with Crippen molar-refractivity contribution in [1.82, 2.24) is 14.7 Å². The summed E-state index contributed by atoms with van der Waals surface area (Å²) in [6.07, 6.45) is 2.22. The monoisotopic (exact) mass is 359 g/mol. The predicted octanol–water partition coefficient (Wildman–Crippen LogP) is 2.54. The number of aromatic nitrogens is 2. The zero-order valence-electron chi connectivity index (χ0n) is 15.1. The summed E-state index contributed by atoms with van der Waals surface area (Å²) in [6, 6.07) is 9.63. The van der Waals surface area contributed by atoms with E-state index in [1.54, 1.807) is 18.7 Å². The second-order valence-corrected chi connectivity index (χ2v) is 6.94. The lowest BCUT2D eigenvalue weighted by molar-refractivity contribution is -0.0346. The minimum Gasteiger partial charge on any atom is -0.497 e. The summed E-state index contributed by atoms with van der Waals surface area (Å²) in [7, 11) is 1.64. The van der Waals surface area contributed by atoms with Gasteiger partial charge in [0, 0.05) is 19.3 Å². The van der Waals surface area contributed by atoms with E-state index in [4.69, 9.17) is 9.84 Å². The van der Waals surface area contributed by atoms with E-state index in [1.165, 1.54) is 4.90 Å². The number of methoxy groups -OCH3 is 1. The van der Waals surface area contributed by atoms with Crippen molar-refractivity contribution in [3.05, 3.63) is 47.8 Å². The van der Waals surface area contributed by atoms with Gasteiger partial charge in [-0.2, -0.15) is 5.10 Å². The second-order valence-electron chi connectivity index (χ2n) is 6.94. The fourth-order valence-electron chi connectivity index (χ4n) is 3.48. The second kappa shape index (κ2) is 7.37. The van der Waals surface area contributed by atoms with Crippen molar-refractivity contribution < 1.29 is 19.7 Å². The van der Waals surface area contributed by atoms with E-state index >= 15 is 0 Å². The number of amides is 1. The number of nitrogens with zero attached hydrogens (tertiary/aromatic N) is 3. The van der Waals surface area contributed by atoms with Crippen LogP contribution in [0.25, 0.3) is 0 Å². The number of aliphatic hydroxyl groups is 1. The van der Waals surface area contributed by atoms with Gasteiger partial charge in [0.1, 0.15) is 11.4 Å².